The highest BCUT2D eigenvalue weighted by Gasteiger charge is 2.21. The maximum Gasteiger partial charge on any atom is 0.267 e. The fourth-order valence-electron chi connectivity index (χ4n) is 2.73. The topological polar surface area (TPSA) is 95.9 Å². The Hall–Kier alpha value is -3.22. The summed E-state index contributed by atoms with van der Waals surface area (Å²) in [4.78, 5) is 20.9. The first kappa shape index (κ1) is 18.6. The molecule has 2 heterocycles. The van der Waals surface area contributed by atoms with Crippen LogP contribution in [0.2, 0.25) is 0 Å². The molecule has 3 rings (SSSR count). The number of hydrogen-bond donors (Lipinski definition) is 1. The number of aromatic nitrogens is 4. The highest BCUT2D eigenvalue weighted by Crippen LogP contribution is 2.36. The maximum absolute atomic E-state index is 12.1. The van der Waals surface area contributed by atoms with Crippen LogP contribution >= 0.6 is 0 Å². The molecule has 2 aromatic heterocycles. The van der Waals surface area contributed by atoms with E-state index in [0.29, 0.717) is 22.8 Å². The Bertz CT molecular complexity index is 997. The van der Waals surface area contributed by atoms with Crippen LogP contribution in [0.25, 0.3) is 22.5 Å². The lowest BCUT2D eigenvalue weighted by Crippen LogP contribution is -2.24. The molecule has 3 aromatic rings. The number of anilines is 1. The zero-order chi connectivity index (χ0) is 19.6. The second kappa shape index (κ2) is 7.57. The Morgan fingerprint density at radius 2 is 1.70 bits per heavy atom. The van der Waals surface area contributed by atoms with Gasteiger partial charge >= 0.3 is 0 Å². The maximum atomic E-state index is 12.1. The van der Waals surface area contributed by atoms with Gasteiger partial charge in [0, 0.05) is 11.6 Å². The summed E-state index contributed by atoms with van der Waals surface area (Å²) >= 11 is 0. The van der Waals surface area contributed by atoms with Crippen molar-refractivity contribution in [2.75, 3.05) is 5.73 Å². The number of hydrogen-bond acceptors (Lipinski definition) is 6. The molecular weight excluding hydrogens is 342 g/mol. The lowest BCUT2D eigenvalue weighted by Gasteiger charge is -2.17. The fourth-order valence-corrected chi connectivity index (χ4v) is 2.73. The minimum Gasteiger partial charge on any atom is -0.474 e. The van der Waals surface area contributed by atoms with Gasteiger partial charge in [-0.1, -0.05) is 30.3 Å². The molecule has 0 saturated carbocycles. The van der Waals surface area contributed by atoms with E-state index >= 15 is 0 Å². The van der Waals surface area contributed by atoms with E-state index in [4.69, 9.17) is 10.5 Å². The van der Waals surface area contributed by atoms with Crippen LogP contribution in [-0.2, 0) is 0 Å². The number of nitrogen functional groups attached to an aromatic ring is 1. The smallest absolute Gasteiger partial charge is 0.267 e. The van der Waals surface area contributed by atoms with E-state index < -0.39 is 0 Å². The largest absolute Gasteiger partial charge is 0.474 e. The Morgan fingerprint density at radius 1 is 1.00 bits per heavy atom. The SMILES string of the molecule is CC(C)Oc1nc(N)nc(-c2ccccc2)c1-c1ccc(=O)n(C(C)C)n1. The number of rotatable bonds is 5. The predicted molar refractivity (Wildman–Crippen MR) is 106 cm³/mol. The fraction of sp³-hybridized carbons (Fsp3) is 0.300. The van der Waals surface area contributed by atoms with Crippen molar-refractivity contribution in [2.24, 2.45) is 0 Å². The van der Waals surface area contributed by atoms with E-state index in [0.717, 1.165) is 5.56 Å². The number of nitrogens with two attached hydrogens (primary N) is 1. The predicted octanol–water partition coefficient (Wildman–Crippen LogP) is 3.32. The van der Waals surface area contributed by atoms with Crippen molar-refractivity contribution in [3.8, 4) is 28.4 Å². The van der Waals surface area contributed by atoms with E-state index in [-0.39, 0.29) is 23.7 Å². The molecule has 1 aromatic carbocycles. The standard InChI is InChI=1S/C20H23N5O2/c1-12(2)25-16(26)11-10-15(24-25)17-18(14-8-6-5-7-9-14)22-20(21)23-19(17)27-13(3)4/h5-13H,1-4H3,(H2,21,22,23). The Morgan fingerprint density at radius 3 is 2.33 bits per heavy atom. The average Bonchev–Trinajstić information content (AvgIpc) is 2.62. The lowest BCUT2D eigenvalue weighted by atomic mass is 10.0. The van der Waals surface area contributed by atoms with Crippen LogP contribution in [-0.4, -0.2) is 25.9 Å². The van der Waals surface area contributed by atoms with Crippen molar-refractivity contribution in [1.29, 1.82) is 0 Å². The Balaban J connectivity index is 2.32. The molecule has 0 spiro atoms. The Kier molecular flexibility index (Phi) is 5.21. The second-order valence-corrected chi connectivity index (χ2v) is 6.74. The molecule has 27 heavy (non-hydrogen) atoms. The summed E-state index contributed by atoms with van der Waals surface area (Å²) in [5.41, 5.74) is 8.41. The lowest BCUT2D eigenvalue weighted by molar-refractivity contribution is 0.234. The van der Waals surface area contributed by atoms with Gasteiger partial charge in [0.2, 0.25) is 11.8 Å². The number of nitrogens with zero attached hydrogens (tertiary/aromatic N) is 4. The van der Waals surface area contributed by atoms with Crippen molar-refractivity contribution in [1.82, 2.24) is 19.7 Å². The van der Waals surface area contributed by atoms with E-state index in [9.17, 15) is 4.79 Å². The third-order valence-electron chi connectivity index (χ3n) is 3.86. The average molecular weight is 365 g/mol. The molecule has 0 bridgehead atoms. The molecule has 0 aliphatic heterocycles. The molecule has 0 fully saturated rings. The normalized spacial score (nSPS) is 11.2. The van der Waals surface area contributed by atoms with Gasteiger partial charge in [-0.15, -0.1) is 0 Å². The summed E-state index contributed by atoms with van der Waals surface area (Å²) < 4.78 is 7.35. The summed E-state index contributed by atoms with van der Waals surface area (Å²) in [6, 6.07) is 12.7. The summed E-state index contributed by atoms with van der Waals surface area (Å²) in [5, 5.41) is 4.53. The van der Waals surface area contributed by atoms with Gasteiger partial charge in [0.1, 0.15) is 0 Å². The van der Waals surface area contributed by atoms with Crippen molar-refractivity contribution >= 4 is 5.95 Å². The summed E-state index contributed by atoms with van der Waals surface area (Å²) in [6.07, 6.45) is -0.113. The van der Waals surface area contributed by atoms with Gasteiger partial charge < -0.3 is 10.5 Å². The zero-order valence-corrected chi connectivity index (χ0v) is 15.9. The van der Waals surface area contributed by atoms with E-state index in [1.807, 2.05) is 58.0 Å². The first-order valence-electron chi connectivity index (χ1n) is 8.86. The van der Waals surface area contributed by atoms with E-state index in [1.54, 1.807) is 6.07 Å². The van der Waals surface area contributed by atoms with Gasteiger partial charge in [0.05, 0.1) is 29.1 Å². The molecule has 0 aliphatic rings. The molecular formula is C20H23N5O2. The van der Waals surface area contributed by atoms with Crippen molar-refractivity contribution in [2.45, 2.75) is 39.8 Å². The number of benzene rings is 1. The molecule has 2 N–H and O–H groups in total. The molecule has 0 atom stereocenters. The monoisotopic (exact) mass is 365 g/mol. The summed E-state index contributed by atoms with van der Waals surface area (Å²) in [6.45, 7) is 7.63. The quantitative estimate of drug-likeness (QED) is 0.745. The first-order chi connectivity index (χ1) is 12.9. The molecule has 0 unspecified atom stereocenters. The summed E-state index contributed by atoms with van der Waals surface area (Å²) in [5.74, 6) is 0.461. The van der Waals surface area contributed by atoms with Gasteiger partial charge in [-0.05, 0) is 33.8 Å². The van der Waals surface area contributed by atoms with Crippen LogP contribution in [0, 0.1) is 0 Å². The van der Waals surface area contributed by atoms with Crippen molar-refractivity contribution in [3.05, 3.63) is 52.8 Å². The highest BCUT2D eigenvalue weighted by atomic mass is 16.5. The van der Waals surface area contributed by atoms with Gasteiger partial charge in [-0.3, -0.25) is 4.79 Å². The molecule has 0 saturated heterocycles. The second-order valence-electron chi connectivity index (χ2n) is 6.74. The highest BCUT2D eigenvalue weighted by molar-refractivity contribution is 5.83. The molecule has 0 radical (unpaired) electrons. The third-order valence-corrected chi connectivity index (χ3v) is 3.86. The Labute approximate surface area is 157 Å². The minimum absolute atomic E-state index is 0.0817. The molecule has 0 amide bonds. The van der Waals surface area contributed by atoms with Crippen LogP contribution in [0.15, 0.2) is 47.3 Å². The minimum atomic E-state index is -0.169. The van der Waals surface area contributed by atoms with Crippen molar-refractivity contribution in [3.63, 3.8) is 0 Å². The van der Waals surface area contributed by atoms with Gasteiger partial charge in [-0.25, -0.2) is 9.67 Å². The van der Waals surface area contributed by atoms with Crippen LogP contribution < -0.4 is 16.0 Å². The molecule has 0 aliphatic carbocycles. The first-order valence-corrected chi connectivity index (χ1v) is 8.86. The zero-order valence-electron chi connectivity index (χ0n) is 15.9. The summed E-state index contributed by atoms with van der Waals surface area (Å²) in [7, 11) is 0. The van der Waals surface area contributed by atoms with Gasteiger partial charge in [0.25, 0.3) is 5.56 Å². The molecule has 140 valence electrons. The van der Waals surface area contributed by atoms with E-state index in [1.165, 1.54) is 10.7 Å². The van der Waals surface area contributed by atoms with Crippen LogP contribution in [0.1, 0.15) is 33.7 Å². The van der Waals surface area contributed by atoms with Crippen molar-refractivity contribution < 1.29 is 4.74 Å². The molecule has 7 nitrogen and oxygen atoms in total. The van der Waals surface area contributed by atoms with Crippen LogP contribution in [0.3, 0.4) is 0 Å². The van der Waals surface area contributed by atoms with E-state index in [2.05, 4.69) is 15.1 Å². The number of ether oxygens (including phenoxy) is 1. The third kappa shape index (κ3) is 3.97. The van der Waals surface area contributed by atoms with Gasteiger partial charge in [-0.2, -0.15) is 10.1 Å². The van der Waals surface area contributed by atoms with Crippen LogP contribution in [0.4, 0.5) is 5.95 Å². The van der Waals surface area contributed by atoms with Gasteiger partial charge in [0.15, 0.2) is 0 Å². The van der Waals surface area contributed by atoms with Crippen LogP contribution in [0.5, 0.6) is 5.88 Å². The molecule has 7 heteroatoms.